The maximum absolute atomic E-state index is 13.4. The molecular formula is C23H26N4O. The van der Waals surface area contributed by atoms with Crippen LogP contribution in [0.15, 0.2) is 36.7 Å². The number of rotatable bonds is 3. The predicted molar refractivity (Wildman–Crippen MR) is 111 cm³/mol. The van der Waals surface area contributed by atoms with E-state index in [-0.39, 0.29) is 11.3 Å². The Morgan fingerprint density at radius 2 is 1.93 bits per heavy atom. The quantitative estimate of drug-likeness (QED) is 0.680. The van der Waals surface area contributed by atoms with E-state index in [0.29, 0.717) is 5.56 Å². The van der Waals surface area contributed by atoms with Crippen molar-refractivity contribution in [3.05, 3.63) is 53.6 Å². The summed E-state index contributed by atoms with van der Waals surface area (Å²) < 4.78 is 0. The lowest BCUT2D eigenvalue weighted by Gasteiger charge is -2.21. The van der Waals surface area contributed by atoms with Crippen LogP contribution in [0.4, 0.5) is 0 Å². The molecule has 1 amide bonds. The molecule has 144 valence electrons. The Morgan fingerprint density at radius 3 is 2.57 bits per heavy atom. The largest absolute Gasteiger partial charge is 0.338 e. The minimum Gasteiger partial charge on any atom is -0.338 e. The van der Waals surface area contributed by atoms with Crippen LogP contribution in [0, 0.1) is 12.3 Å². The minimum absolute atomic E-state index is 0.0796. The molecule has 0 bridgehead atoms. The van der Waals surface area contributed by atoms with Crippen LogP contribution in [0.3, 0.4) is 0 Å². The zero-order chi connectivity index (χ0) is 19.9. The van der Waals surface area contributed by atoms with Crippen molar-refractivity contribution >= 4 is 16.8 Å². The van der Waals surface area contributed by atoms with Crippen LogP contribution in [0.5, 0.6) is 0 Å². The Balaban J connectivity index is 1.83. The molecule has 0 saturated carbocycles. The number of carbonyl (C=O) groups excluding carboxylic acids is 1. The molecule has 1 aliphatic heterocycles. The van der Waals surface area contributed by atoms with Gasteiger partial charge in [0.2, 0.25) is 0 Å². The van der Waals surface area contributed by atoms with Gasteiger partial charge in [-0.05, 0) is 37.0 Å². The standard InChI is InChI=1S/C23H26N4O/c1-5-21-24-12-16(13-25-21)20-11-18(17-10-15(2)6-7-19(17)26-20)22(28)27-9-8-23(3,4)14-27/h6-7,10-13H,5,8-9,14H2,1-4H3. The smallest absolute Gasteiger partial charge is 0.254 e. The van der Waals surface area contributed by atoms with Crippen LogP contribution < -0.4 is 0 Å². The maximum atomic E-state index is 13.4. The van der Waals surface area contributed by atoms with Crippen molar-refractivity contribution in [3.63, 3.8) is 0 Å². The SMILES string of the molecule is CCc1ncc(-c2cc(C(=O)N3CCC(C)(C)C3)c3cc(C)ccc3n2)cn1. The highest BCUT2D eigenvalue weighted by molar-refractivity contribution is 6.07. The number of likely N-dealkylation sites (tertiary alicyclic amines) is 1. The second-order valence-electron chi connectivity index (χ2n) is 8.46. The number of amides is 1. The lowest BCUT2D eigenvalue weighted by molar-refractivity contribution is 0.0780. The van der Waals surface area contributed by atoms with Gasteiger partial charge in [0.05, 0.1) is 16.8 Å². The summed E-state index contributed by atoms with van der Waals surface area (Å²) in [7, 11) is 0. The van der Waals surface area contributed by atoms with Crippen molar-refractivity contribution < 1.29 is 4.79 Å². The Bertz CT molecular complexity index is 1040. The molecule has 1 aliphatic rings. The summed E-state index contributed by atoms with van der Waals surface area (Å²) in [5.74, 6) is 0.881. The monoisotopic (exact) mass is 374 g/mol. The van der Waals surface area contributed by atoms with Gasteiger partial charge in [0, 0.05) is 42.9 Å². The Hall–Kier alpha value is -2.82. The fourth-order valence-corrected chi connectivity index (χ4v) is 3.79. The van der Waals surface area contributed by atoms with Crippen molar-refractivity contribution in [3.8, 4) is 11.3 Å². The third-order valence-corrected chi connectivity index (χ3v) is 5.48. The molecule has 0 aliphatic carbocycles. The third kappa shape index (κ3) is 3.49. The van der Waals surface area contributed by atoms with Crippen LogP contribution in [0.2, 0.25) is 0 Å². The second-order valence-corrected chi connectivity index (χ2v) is 8.46. The molecule has 28 heavy (non-hydrogen) atoms. The van der Waals surface area contributed by atoms with E-state index < -0.39 is 0 Å². The fraction of sp³-hybridized carbons (Fsp3) is 0.391. The summed E-state index contributed by atoms with van der Waals surface area (Å²) >= 11 is 0. The maximum Gasteiger partial charge on any atom is 0.254 e. The molecule has 3 aromatic rings. The van der Waals surface area contributed by atoms with Crippen LogP contribution >= 0.6 is 0 Å². The first-order valence-electron chi connectivity index (χ1n) is 9.88. The molecular weight excluding hydrogens is 348 g/mol. The Labute approximate surface area is 165 Å². The molecule has 4 rings (SSSR count). The molecule has 5 nitrogen and oxygen atoms in total. The number of hydrogen-bond acceptors (Lipinski definition) is 4. The summed E-state index contributed by atoms with van der Waals surface area (Å²) in [6, 6.07) is 7.97. The van der Waals surface area contributed by atoms with Crippen LogP contribution in [-0.4, -0.2) is 38.8 Å². The second kappa shape index (κ2) is 6.97. The molecule has 0 atom stereocenters. The van der Waals surface area contributed by atoms with Crippen molar-refractivity contribution in [2.75, 3.05) is 13.1 Å². The number of hydrogen-bond donors (Lipinski definition) is 0. The number of nitrogens with zero attached hydrogens (tertiary/aromatic N) is 4. The van der Waals surface area contributed by atoms with Crippen molar-refractivity contribution in [1.82, 2.24) is 19.9 Å². The highest BCUT2D eigenvalue weighted by Crippen LogP contribution is 2.32. The molecule has 1 saturated heterocycles. The average Bonchev–Trinajstić information content (AvgIpc) is 3.06. The predicted octanol–water partition coefficient (Wildman–Crippen LogP) is 4.43. The Kier molecular flexibility index (Phi) is 4.61. The molecule has 0 N–H and O–H groups in total. The van der Waals surface area contributed by atoms with E-state index in [4.69, 9.17) is 4.98 Å². The highest BCUT2D eigenvalue weighted by Gasteiger charge is 2.33. The fourth-order valence-electron chi connectivity index (χ4n) is 3.79. The number of carbonyl (C=O) groups is 1. The number of benzene rings is 1. The molecule has 2 aromatic heterocycles. The van der Waals surface area contributed by atoms with Crippen LogP contribution in [0.1, 0.15) is 48.9 Å². The first-order valence-corrected chi connectivity index (χ1v) is 9.88. The normalized spacial score (nSPS) is 15.9. The third-order valence-electron chi connectivity index (χ3n) is 5.48. The summed E-state index contributed by atoms with van der Waals surface area (Å²) in [5.41, 5.74) is 4.39. The van der Waals surface area contributed by atoms with E-state index >= 15 is 0 Å². The molecule has 0 spiro atoms. The number of aryl methyl sites for hydroxylation is 2. The molecule has 1 fully saturated rings. The van der Waals surface area contributed by atoms with Gasteiger partial charge in [0.15, 0.2) is 0 Å². The van der Waals surface area contributed by atoms with Crippen LogP contribution in [-0.2, 0) is 6.42 Å². The summed E-state index contributed by atoms with van der Waals surface area (Å²) in [6.07, 6.45) is 5.40. The Morgan fingerprint density at radius 1 is 1.18 bits per heavy atom. The zero-order valence-corrected chi connectivity index (χ0v) is 17.0. The molecule has 5 heteroatoms. The van der Waals surface area contributed by atoms with Crippen LogP contribution in [0.25, 0.3) is 22.2 Å². The molecule has 0 radical (unpaired) electrons. The van der Waals surface area contributed by atoms with Gasteiger partial charge in [-0.1, -0.05) is 32.4 Å². The van der Waals surface area contributed by atoms with Gasteiger partial charge >= 0.3 is 0 Å². The molecule has 1 aromatic carbocycles. The van der Waals surface area contributed by atoms with Gasteiger partial charge in [-0.2, -0.15) is 0 Å². The van der Waals surface area contributed by atoms with Gasteiger partial charge < -0.3 is 4.90 Å². The van der Waals surface area contributed by atoms with E-state index in [2.05, 4.69) is 29.9 Å². The lowest BCUT2D eigenvalue weighted by Crippen LogP contribution is -2.30. The van der Waals surface area contributed by atoms with Gasteiger partial charge in [-0.3, -0.25) is 4.79 Å². The average molecular weight is 374 g/mol. The topological polar surface area (TPSA) is 59.0 Å². The van der Waals surface area contributed by atoms with E-state index in [1.54, 1.807) is 12.4 Å². The van der Waals surface area contributed by atoms with E-state index in [1.807, 2.05) is 36.9 Å². The van der Waals surface area contributed by atoms with Gasteiger partial charge in [0.25, 0.3) is 5.91 Å². The minimum atomic E-state index is 0.0796. The lowest BCUT2D eigenvalue weighted by atomic mass is 9.93. The summed E-state index contributed by atoms with van der Waals surface area (Å²) in [6.45, 7) is 10.1. The highest BCUT2D eigenvalue weighted by atomic mass is 16.2. The molecule has 0 unspecified atom stereocenters. The van der Waals surface area contributed by atoms with Crippen molar-refractivity contribution in [2.24, 2.45) is 5.41 Å². The summed E-state index contributed by atoms with van der Waals surface area (Å²) in [4.78, 5) is 29.0. The van der Waals surface area contributed by atoms with E-state index in [9.17, 15) is 4.79 Å². The van der Waals surface area contributed by atoms with Gasteiger partial charge in [-0.25, -0.2) is 15.0 Å². The zero-order valence-electron chi connectivity index (χ0n) is 17.0. The van der Waals surface area contributed by atoms with E-state index in [0.717, 1.165) is 59.5 Å². The molecule has 3 heterocycles. The van der Waals surface area contributed by atoms with Gasteiger partial charge in [-0.15, -0.1) is 0 Å². The van der Waals surface area contributed by atoms with Crippen molar-refractivity contribution in [2.45, 2.75) is 40.5 Å². The van der Waals surface area contributed by atoms with Crippen molar-refractivity contribution in [1.29, 1.82) is 0 Å². The first-order chi connectivity index (χ1) is 13.4. The number of fused-ring (bicyclic) bond motifs is 1. The van der Waals surface area contributed by atoms with E-state index in [1.165, 1.54) is 0 Å². The number of aromatic nitrogens is 3. The van der Waals surface area contributed by atoms with Gasteiger partial charge in [0.1, 0.15) is 5.82 Å². The summed E-state index contributed by atoms with van der Waals surface area (Å²) in [5, 5.41) is 0.907. The first kappa shape index (κ1) is 18.5. The number of pyridine rings is 1.